The Morgan fingerprint density at radius 1 is 0.966 bits per heavy atom. The van der Waals surface area contributed by atoms with Crippen molar-refractivity contribution < 1.29 is 0 Å². The maximum absolute atomic E-state index is 4.64. The molecule has 4 nitrogen and oxygen atoms in total. The van der Waals surface area contributed by atoms with Crippen molar-refractivity contribution in [1.29, 1.82) is 0 Å². The molecule has 0 saturated carbocycles. The average Bonchev–Trinajstić information content (AvgIpc) is 3.05. The van der Waals surface area contributed by atoms with Gasteiger partial charge in [-0.05, 0) is 61.2 Å². The maximum Gasteiger partial charge on any atom is 0.106 e. The smallest absolute Gasteiger partial charge is 0.106 e. The summed E-state index contributed by atoms with van der Waals surface area (Å²) in [5.41, 5.74) is 8.54. The van der Waals surface area contributed by atoms with Crippen LogP contribution in [0.5, 0.6) is 0 Å². The van der Waals surface area contributed by atoms with Gasteiger partial charge in [-0.3, -0.25) is 10.00 Å². The summed E-state index contributed by atoms with van der Waals surface area (Å²) >= 11 is 0. The summed E-state index contributed by atoms with van der Waals surface area (Å²) in [6, 6.07) is 17.2. The van der Waals surface area contributed by atoms with Crippen molar-refractivity contribution in [3.05, 3.63) is 94.8 Å². The number of hydrogen-bond acceptors (Lipinski definition) is 3. The minimum atomic E-state index is 0.0489. The summed E-state index contributed by atoms with van der Waals surface area (Å²) < 4.78 is 2.09. The second-order valence-electron chi connectivity index (χ2n) is 7.72. The zero-order chi connectivity index (χ0) is 20.8. The number of nitrogens with one attached hydrogen (secondary N) is 2. The molecule has 1 unspecified atom stereocenters. The van der Waals surface area contributed by atoms with E-state index in [-0.39, 0.29) is 6.17 Å². The maximum atomic E-state index is 4.64. The van der Waals surface area contributed by atoms with Gasteiger partial charge >= 0.3 is 0 Å². The molecule has 0 fully saturated rings. The topological polar surface area (TPSA) is 41.9 Å². The summed E-state index contributed by atoms with van der Waals surface area (Å²) in [7, 11) is 1.97. The molecule has 0 saturated heterocycles. The largest absolute Gasteiger partial charge is 0.316 e. The van der Waals surface area contributed by atoms with Crippen LogP contribution in [0.3, 0.4) is 0 Å². The molecule has 0 bridgehead atoms. The highest BCUT2D eigenvalue weighted by atomic mass is 15.4. The van der Waals surface area contributed by atoms with Crippen LogP contribution < -0.4 is 10.6 Å². The lowest BCUT2D eigenvalue weighted by atomic mass is 9.98. The normalized spacial score (nSPS) is 12.1. The van der Waals surface area contributed by atoms with Crippen LogP contribution in [0.4, 0.5) is 0 Å². The van der Waals surface area contributed by atoms with Crippen LogP contribution >= 0.6 is 0 Å². The van der Waals surface area contributed by atoms with E-state index >= 15 is 0 Å². The first-order valence-electron chi connectivity index (χ1n) is 10.2. The fourth-order valence-corrected chi connectivity index (χ4v) is 3.60. The molecule has 0 spiro atoms. The van der Waals surface area contributed by atoms with Crippen LogP contribution in [0.25, 0.3) is 5.57 Å². The van der Waals surface area contributed by atoms with Crippen molar-refractivity contribution in [3.8, 4) is 0 Å². The monoisotopic (exact) mass is 388 g/mol. The summed E-state index contributed by atoms with van der Waals surface area (Å²) in [5.74, 6) is 0. The third-order valence-corrected chi connectivity index (χ3v) is 5.50. The minimum Gasteiger partial charge on any atom is -0.316 e. The number of hydrogen-bond donors (Lipinski definition) is 2. The SMILES string of the molecule is C=C(CC(NCc1ccc(CNC)cc1)n1ncc(C)c1C)c1ccccc1C. The highest BCUT2D eigenvalue weighted by molar-refractivity contribution is 5.66. The van der Waals surface area contributed by atoms with Crippen LogP contribution in [0.1, 0.15) is 46.1 Å². The van der Waals surface area contributed by atoms with Gasteiger partial charge in [-0.25, -0.2) is 0 Å². The van der Waals surface area contributed by atoms with Gasteiger partial charge in [0.15, 0.2) is 0 Å². The molecular formula is C25H32N4. The molecule has 0 radical (unpaired) electrons. The van der Waals surface area contributed by atoms with Gasteiger partial charge in [0.25, 0.3) is 0 Å². The molecule has 2 aromatic carbocycles. The molecule has 1 heterocycles. The van der Waals surface area contributed by atoms with Gasteiger partial charge in [-0.1, -0.05) is 55.1 Å². The average molecular weight is 389 g/mol. The van der Waals surface area contributed by atoms with E-state index in [4.69, 9.17) is 0 Å². The summed E-state index contributed by atoms with van der Waals surface area (Å²) in [5, 5.41) is 11.5. The molecule has 0 amide bonds. The van der Waals surface area contributed by atoms with Crippen molar-refractivity contribution in [2.24, 2.45) is 0 Å². The first-order valence-corrected chi connectivity index (χ1v) is 10.2. The quantitative estimate of drug-likeness (QED) is 0.547. The third kappa shape index (κ3) is 5.22. The zero-order valence-corrected chi connectivity index (χ0v) is 18.0. The lowest BCUT2D eigenvalue weighted by molar-refractivity contribution is 0.368. The summed E-state index contributed by atoms with van der Waals surface area (Å²) in [4.78, 5) is 0. The van der Waals surface area contributed by atoms with Crippen molar-refractivity contribution in [2.75, 3.05) is 7.05 Å². The lowest BCUT2D eigenvalue weighted by Gasteiger charge is -2.23. The lowest BCUT2D eigenvalue weighted by Crippen LogP contribution is -2.28. The van der Waals surface area contributed by atoms with Gasteiger partial charge in [0.05, 0.1) is 6.20 Å². The highest BCUT2D eigenvalue weighted by Gasteiger charge is 2.17. The Kier molecular flexibility index (Phi) is 7.02. The van der Waals surface area contributed by atoms with Crippen LogP contribution in [0.2, 0.25) is 0 Å². The van der Waals surface area contributed by atoms with Gasteiger partial charge in [0.1, 0.15) is 6.17 Å². The minimum absolute atomic E-state index is 0.0489. The number of aromatic nitrogens is 2. The van der Waals surface area contributed by atoms with E-state index in [1.807, 2.05) is 13.2 Å². The van der Waals surface area contributed by atoms with Gasteiger partial charge in [0.2, 0.25) is 0 Å². The van der Waals surface area contributed by atoms with Crippen molar-refractivity contribution in [1.82, 2.24) is 20.4 Å². The predicted octanol–water partition coefficient (Wildman–Crippen LogP) is 4.92. The Morgan fingerprint density at radius 3 is 2.21 bits per heavy atom. The fourth-order valence-electron chi connectivity index (χ4n) is 3.60. The van der Waals surface area contributed by atoms with Crippen molar-refractivity contribution in [3.63, 3.8) is 0 Å². The first kappa shape index (κ1) is 21.0. The first-order chi connectivity index (χ1) is 14.0. The molecule has 0 aliphatic rings. The molecule has 3 rings (SSSR count). The Balaban J connectivity index is 1.77. The molecule has 1 aromatic heterocycles. The molecule has 2 N–H and O–H groups in total. The van der Waals surface area contributed by atoms with E-state index in [2.05, 4.69) is 96.3 Å². The van der Waals surface area contributed by atoms with Gasteiger partial charge in [-0.2, -0.15) is 5.10 Å². The Hall–Kier alpha value is -2.69. The van der Waals surface area contributed by atoms with E-state index < -0.39 is 0 Å². The number of nitrogens with zero attached hydrogens (tertiary/aromatic N) is 2. The van der Waals surface area contributed by atoms with E-state index in [1.165, 1.54) is 33.5 Å². The van der Waals surface area contributed by atoms with Gasteiger partial charge in [-0.15, -0.1) is 0 Å². The van der Waals surface area contributed by atoms with Crippen molar-refractivity contribution in [2.45, 2.75) is 46.4 Å². The Bertz CT molecular complexity index is 953. The molecule has 4 heteroatoms. The molecule has 3 aromatic rings. The van der Waals surface area contributed by atoms with E-state index in [0.29, 0.717) is 0 Å². The van der Waals surface area contributed by atoms with Gasteiger partial charge < -0.3 is 5.32 Å². The molecule has 152 valence electrons. The fraction of sp³-hybridized carbons (Fsp3) is 0.320. The molecule has 1 atom stereocenters. The van der Waals surface area contributed by atoms with E-state index in [9.17, 15) is 0 Å². The Labute approximate surface area is 174 Å². The van der Waals surface area contributed by atoms with Crippen LogP contribution in [0, 0.1) is 20.8 Å². The van der Waals surface area contributed by atoms with Crippen LogP contribution in [-0.4, -0.2) is 16.8 Å². The Morgan fingerprint density at radius 2 is 1.62 bits per heavy atom. The molecule has 0 aliphatic heterocycles. The summed E-state index contributed by atoms with van der Waals surface area (Å²) in [6.07, 6.45) is 2.78. The predicted molar refractivity (Wildman–Crippen MR) is 122 cm³/mol. The van der Waals surface area contributed by atoms with Gasteiger partial charge in [0, 0.05) is 25.2 Å². The standard InChI is InChI=1S/C25H32N4/c1-18-8-6-7-9-24(18)19(2)14-25(29-21(4)20(3)15-28-29)27-17-23-12-10-22(11-13-23)16-26-5/h6-13,15,25-27H,2,14,16-17H2,1,3-5H3. The summed E-state index contributed by atoms with van der Waals surface area (Å²) in [6.45, 7) is 12.4. The van der Waals surface area contributed by atoms with Crippen molar-refractivity contribution >= 4 is 5.57 Å². The van der Waals surface area contributed by atoms with Crippen LogP contribution in [-0.2, 0) is 13.1 Å². The van der Waals surface area contributed by atoms with E-state index in [0.717, 1.165) is 25.1 Å². The molecular weight excluding hydrogens is 356 g/mol. The number of rotatable bonds is 9. The molecule has 29 heavy (non-hydrogen) atoms. The third-order valence-electron chi connectivity index (χ3n) is 5.50. The van der Waals surface area contributed by atoms with E-state index in [1.54, 1.807) is 0 Å². The number of benzene rings is 2. The highest BCUT2D eigenvalue weighted by Crippen LogP contribution is 2.26. The second kappa shape index (κ2) is 9.68. The van der Waals surface area contributed by atoms with Crippen LogP contribution in [0.15, 0.2) is 61.3 Å². The molecule has 0 aliphatic carbocycles. The second-order valence-corrected chi connectivity index (χ2v) is 7.72. The number of aryl methyl sites for hydroxylation is 2. The zero-order valence-electron chi connectivity index (χ0n) is 18.0.